The lowest BCUT2D eigenvalue weighted by molar-refractivity contribution is 0.154. The van der Waals surface area contributed by atoms with E-state index in [2.05, 4.69) is 13.8 Å². The molecule has 0 saturated carbocycles. The summed E-state index contributed by atoms with van der Waals surface area (Å²) < 4.78 is 21.8. The molecular formula is C23H32O6. The molecule has 2 N–H and O–H groups in total. The summed E-state index contributed by atoms with van der Waals surface area (Å²) in [5, 5.41) is 20.8. The Hall–Kier alpha value is -2.12. The molecule has 160 valence electrons. The molecule has 0 aliphatic heterocycles. The molecule has 0 radical (unpaired) electrons. The van der Waals surface area contributed by atoms with E-state index in [4.69, 9.17) is 18.9 Å². The van der Waals surface area contributed by atoms with Crippen molar-refractivity contribution in [2.75, 3.05) is 28.4 Å². The molecule has 0 atom stereocenters. The Morgan fingerprint density at radius 3 is 1.41 bits per heavy atom. The van der Waals surface area contributed by atoms with Gasteiger partial charge in [0.2, 0.25) is 0 Å². The molecule has 29 heavy (non-hydrogen) atoms. The van der Waals surface area contributed by atoms with Crippen molar-refractivity contribution >= 4 is 0 Å². The number of phenols is 2. The zero-order chi connectivity index (χ0) is 21.6. The molecular weight excluding hydrogens is 372 g/mol. The summed E-state index contributed by atoms with van der Waals surface area (Å²) in [7, 11) is 6.45. The molecule has 0 aromatic heterocycles. The molecule has 0 aliphatic rings. The minimum Gasteiger partial charge on any atom is -0.508 e. The average molecular weight is 405 g/mol. The van der Waals surface area contributed by atoms with Crippen molar-refractivity contribution in [2.45, 2.75) is 45.7 Å². The summed E-state index contributed by atoms with van der Waals surface area (Å²) in [6.07, 6.45) is 0. The van der Waals surface area contributed by atoms with Gasteiger partial charge in [-0.25, -0.2) is 0 Å². The molecule has 6 nitrogen and oxygen atoms in total. The van der Waals surface area contributed by atoms with Crippen molar-refractivity contribution < 1.29 is 29.2 Å². The van der Waals surface area contributed by atoms with Crippen LogP contribution >= 0.6 is 0 Å². The maximum absolute atomic E-state index is 11.1. The number of benzene rings is 2. The Kier molecular flexibility index (Phi) is 8.05. The summed E-state index contributed by atoms with van der Waals surface area (Å²) in [5.74, 6) is 0.364. The van der Waals surface area contributed by atoms with Crippen LogP contribution in [0.3, 0.4) is 0 Å². The molecule has 0 bridgehead atoms. The molecule has 0 aliphatic carbocycles. The van der Waals surface area contributed by atoms with E-state index >= 15 is 0 Å². The standard InChI is InChI=1S/C23H32O6/c1-23(2,15-7-9-16(24)10-8-15)21-17(11-26-3)19(13-28-5)22(25)20(14-29-6)18(21)12-27-4/h7-10,24-25H,11-14H2,1-6H3. The van der Waals surface area contributed by atoms with Crippen LogP contribution < -0.4 is 0 Å². The Labute approximate surface area is 173 Å². The van der Waals surface area contributed by atoms with Crippen LogP contribution in [0.5, 0.6) is 11.5 Å². The van der Waals surface area contributed by atoms with Gasteiger partial charge in [-0.3, -0.25) is 0 Å². The molecule has 0 spiro atoms. The van der Waals surface area contributed by atoms with Gasteiger partial charge in [-0.2, -0.15) is 0 Å². The summed E-state index contributed by atoms with van der Waals surface area (Å²) in [5.41, 5.74) is 4.67. The third-order valence-electron chi connectivity index (χ3n) is 5.27. The van der Waals surface area contributed by atoms with E-state index in [-0.39, 0.29) is 24.7 Å². The maximum atomic E-state index is 11.1. The van der Waals surface area contributed by atoms with Crippen LogP contribution in [-0.2, 0) is 50.8 Å². The monoisotopic (exact) mass is 404 g/mol. The number of methoxy groups -OCH3 is 4. The molecule has 0 heterocycles. The van der Waals surface area contributed by atoms with E-state index in [9.17, 15) is 10.2 Å². The van der Waals surface area contributed by atoms with Crippen LogP contribution in [0, 0.1) is 0 Å². The van der Waals surface area contributed by atoms with Gasteiger partial charge in [-0.05, 0) is 34.4 Å². The predicted molar refractivity (Wildman–Crippen MR) is 111 cm³/mol. The fraction of sp³-hybridized carbons (Fsp3) is 0.478. The Balaban J connectivity index is 2.92. The van der Waals surface area contributed by atoms with Crippen LogP contribution in [0.25, 0.3) is 0 Å². The van der Waals surface area contributed by atoms with Crippen LogP contribution in [0.2, 0.25) is 0 Å². The zero-order valence-corrected chi connectivity index (χ0v) is 18.2. The first-order chi connectivity index (χ1) is 13.8. The van der Waals surface area contributed by atoms with Crippen molar-refractivity contribution in [1.29, 1.82) is 0 Å². The van der Waals surface area contributed by atoms with Crippen molar-refractivity contribution in [2.24, 2.45) is 0 Å². The predicted octanol–water partition coefficient (Wildman–Crippen LogP) is 4.01. The lowest BCUT2D eigenvalue weighted by Crippen LogP contribution is -2.26. The van der Waals surface area contributed by atoms with Gasteiger partial charge < -0.3 is 29.2 Å². The fourth-order valence-corrected chi connectivity index (χ4v) is 3.94. The molecule has 0 saturated heterocycles. The second-order valence-electron chi connectivity index (χ2n) is 7.54. The van der Waals surface area contributed by atoms with E-state index in [1.54, 1.807) is 40.6 Å². The number of hydrogen-bond donors (Lipinski definition) is 2. The normalized spacial score (nSPS) is 11.8. The highest BCUT2D eigenvalue weighted by Gasteiger charge is 2.33. The summed E-state index contributed by atoms with van der Waals surface area (Å²) in [6, 6.07) is 7.16. The third-order valence-corrected chi connectivity index (χ3v) is 5.27. The molecule has 6 heteroatoms. The van der Waals surface area contributed by atoms with Gasteiger partial charge >= 0.3 is 0 Å². The van der Waals surface area contributed by atoms with E-state index in [0.717, 1.165) is 22.3 Å². The SMILES string of the molecule is COCc1c(O)c(COC)c(COC)c(C(C)(C)c2ccc(O)cc2)c1COC. The quantitative estimate of drug-likeness (QED) is 0.623. The van der Waals surface area contributed by atoms with Gasteiger partial charge in [0, 0.05) is 45.0 Å². The zero-order valence-electron chi connectivity index (χ0n) is 18.2. The molecule has 0 unspecified atom stereocenters. The number of phenolic OH excluding ortho intramolecular Hbond substituents is 2. The minimum atomic E-state index is -0.464. The first-order valence-corrected chi connectivity index (χ1v) is 9.47. The smallest absolute Gasteiger partial charge is 0.127 e. The Bertz CT molecular complexity index is 774. The largest absolute Gasteiger partial charge is 0.508 e. The summed E-state index contributed by atoms with van der Waals surface area (Å²) in [4.78, 5) is 0. The van der Waals surface area contributed by atoms with E-state index in [0.29, 0.717) is 24.3 Å². The minimum absolute atomic E-state index is 0.151. The maximum Gasteiger partial charge on any atom is 0.127 e. The second-order valence-corrected chi connectivity index (χ2v) is 7.54. The van der Waals surface area contributed by atoms with Gasteiger partial charge in [0.1, 0.15) is 11.5 Å². The van der Waals surface area contributed by atoms with Crippen molar-refractivity contribution in [3.63, 3.8) is 0 Å². The van der Waals surface area contributed by atoms with Crippen LogP contribution in [0.15, 0.2) is 24.3 Å². The number of rotatable bonds is 10. The van der Waals surface area contributed by atoms with Gasteiger partial charge in [-0.15, -0.1) is 0 Å². The van der Waals surface area contributed by atoms with E-state index < -0.39 is 5.41 Å². The highest BCUT2D eigenvalue weighted by atomic mass is 16.5. The highest BCUT2D eigenvalue weighted by Crippen LogP contribution is 2.44. The van der Waals surface area contributed by atoms with Gasteiger partial charge in [-0.1, -0.05) is 26.0 Å². The summed E-state index contributed by atoms with van der Waals surface area (Å²) >= 11 is 0. The van der Waals surface area contributed by atoms with Gasteiger partial charge in [0.15, 0.2) is 0 Å². The topological polar surface area (TPSA) is 77.4 Å². The van der Waals surface area contributed by atoms with Crippen molar-refractivity contribution in [3.8, 4) is 11.5 Å². The molecule has 2 rings (SSSR count). The average Bonchev–Trinajstić information content (AvgIpc) is 2.68. The van der Waals surface area contributed by atoms with Crippen molar-refractivity contribution in [3.05, 3.63) is 57.6 Å². The van der Waals surface area contributed by atoms with E-state index in [1.165, 1.54) is 0 Å². The second kappa shape index (κ2) is 10.1. The Morgan fingerprint density at radius 2 is 1.03 bits per heavy atom. The molecule has 2 aromatic carbocycles. The highest BCUT2D eigenvalue weighted by molar-refractivity contribution is 5.59. The van der Waals surface area contributed by atoms with Crippen LogP contribution in [0.4, 0.5) is 0 Å². The number of hydrogen-bond acceptors (Lipinski definition) is 6. The number of ether oxygens (including phenoxy) is 4. The summed E-state index contributed by atoms with van der Waals surface area (Å²) in [6.45, 7) is 5.33. The van der Waals surface area contributed by atoms with Crippen LogP contribution in [-0.4, -0.2) is 38.7 Å². The number of aromatic hydroxyl groups is 2. The molecule has 2 aromatic rings. The third kappa shape index (κ3) is 4.73. The Morgan fingerprint density at radius 1 is 0.655 bits per heavy atom. The van der Waals surface area contributed by atoms with Gasteiger partial charge in [0.25, 0.3) is 0 Å². The van der Waals surface area contributed by atoms with Gasteiger partial charge in [0.05, 0.1) is 26.4 Å². The lowest BCUT2D eigenvalue weighted by Gasteiger charge is -2.34. The van der Waals surface area contributed by atoms with E-state index in [1.807, 2.05) is 12.1 Å². The molecule has 0 amide bonds. The first-order valence-electron chi connectivity index (χ1n) is 9.47. The van der Waals surface area contributed by atoms with Crippen molar-refractivity contribution in [1.82, 2.24) is 0 Å². The van der Waals surface area contributed by atoms with Crippen LogP contribution in [0.1, 0.15) is 47.2 Å². The molecule has 0 fully saturated rings. The first kappa shape index (κ1) is 23.2. The lowest BCUT2D eigenvalue weighted by atomic mass is 9.72. The fourth-order valence-electron chi connectivity index (χ4n) is 3.94.